The number of fused-ring (bicyclic) bond motifs is 1. The fourth-order valence-electron chi connectivity index (χ4n) is 6.05. The maximum Gasteiger partial charge on any atom is 0.129 e. The van der Waals surface area contributed by atoms with Crippen molar-refractivity contribution in [3.63, 3.8) is 0 Å². The van der Waals surface area contributed by atoms with Gasteiger partial charge in [-0.25, -0.2) is 0 Å². The van der Waals surface area contributed by atoms with E-state index in [1.807, 2.05) is 25.3 Å². The fourth-order valence-corrected chi connectivity index (χ4v) is 6.05. The number of pyridine rings is 2. The summed E-state index contributed by atoms with van der Waals surface area (Å²) in [6, 6.07) is 23.0. The first-order valence-corrected chi connectivity index (χ1v) is 14.1. The summed E-state index contributed by atoms with van der Waals surface area (Å²) in [5, 5.41) is 12.9. The first-order valence-electron chi connectivity index (χ1n) is 14.1. The molecule has 6 rings (SSSR count). The molecule has 5 heteroatoms. The van der Waals surface area contributed by atoms with Crippen LogP contribution in [-0.4, -0.2) is 33.9 Å². The summed E-state index contributed by atoms with van der Waals surface area (Å²) in [5.74, 6) is 0.873. The van der Waals surface area contributed by atoms with Crippen molar-refractivity contribution in [1.29, 1.82) is 0 Å². The van der Waals surface area contributed by atoms with E-state index in [4.69, 9.17) is 19.4 Å². The molecule has 0 amide bonds. The van der Waals surface area contributed by atoms with Crippen LogP contribution >= 0.6 is 0 Å². The smallest absolute Gasteiger partial charge is 0.129 e. The van der Waals surface area contributed by atoms with Crippen molar-refractivity contribution in [2.45, 2.75) is 58.7 Å². The van der Waals surface area contributed by atoms with Crippen LogP contribution < -0.4 is 4.74 Å². The van der Waals surface area contributed by atoms with Gasteiger partial charge in [-0.1, -0.05) is 36.4 Å². The fraction of sp³-hybridized carbons (Fsp3) is 0.314. The summed E-state index contributed by atoms with van der Waals surface area (Å²) in [5.41, 5.74) is 8.90. The minimum atomic E-state index is -0.520. The zero-order chi connectivity index (χ0) is 27.9. The molecule has 2 aromatic heterocycles. The molecule has 0 aliphatic carbocycles. The van der Waals surface area contributed by atoms with Crippen LogP contribution in [0.1, 0.15) is 54.3 Å². The number of ether oxygens (including phenoxy) is 2. The van der Waals surface area contributed by atoms with Crippen LogP contribution in [0.25, 0.3) is 32.9 Å². The zero-order valence-corrected chi connectivity index (χ0v) is 23.7. The van der Waals surface area contributed by atoms with Gasteiger partial charge in [-0.3, -0.25) is 9.97 Å². The largest absolute Gasteiger partial charge is 0.493 e. The van der Waals surface area contributed by atoms with Gasteiger partial charge in [0.25, 0.3) is 0 Å². The second-order valence-electron chi connectivity index (χ2n) is 11.4. The molecule has 3 aromatic carbocycles. The van der Waals surface area contributed by atoms with Gasteiger partial charge >= 0.3 is 0 Å². The van der Waals surface area contributed by atoms with Gasteiger partial charge < -0.3 is 14.6 Å². The number of aliphatic hydroxyl groups is 1. The van der Waals surface area contributed by atoms with E-state index in [1.165, 1.54) is 11.1 Å². The Morgan fingerprint density at radius 2 is 1.85 bits per heavy atom. The van der Waals surface area contributed by atoms with Crippen LogP contribution in [0.4, 0.5) is 0 Å². The standard InChI is InChI=1S/C35H36N2O3/c1-22-20-28-26(11-10-23(2)37-28)33(27-12-13-29-32-25(16-19-39-29)15-18-36-34(27)32)31(22)30(21-38)40-35(3,4)17-14-24-8-6-5-7-9-24/h5-13,15,18,20,30,38H,14,16-17,19,21H2,1-4H3/t30-/m1/s1. The first-order chi connectivity index (χ1) is 19.3. The molecule has 1 aliphatic heterocycles. The van der Waals surface area contributed by atoms with Crippen LogP contribution in [0, 0.1) is 13.8 Å². The van der Waals surface area contributed by atoms with E-state index in [-0.39, 0.29) is 6.61 Å². The summed E-state index contributed by atoms with van der Waals surface area (Å²) in [4.78, 5) is 9.76. The summed E-state index contributed by atoms with van der Waals surface area (Å²) < 4.78 is 12.8. The van der Waals surface area contributed by atoms with Gasteiger partial charge in [0.1, 0.15) is 11.9 Å². The number of benzene rings is 3. The zero-order valence-electron chi connectivity index (χ0n) is 23.7. The first kappa shape index (κ1) is 26.4. The highest BCUT2D eigenvalue weighted by atomic mass is 16.5. The highest BCUT2D eigenvalue weighted by Crippen LogP contribution is 2.45. The van der Waals surface area contributed by atoms with Crippen molar-refractivity contribution >= 4 is 21.8 Å². The molecule has 3 heterocycles. The van der Waals surface area contributed by atoms with Gasteiger partial charge in [-0.2, -0.15) is 0 Å². The number of rotatable bonds is 8. The Bertz CT molecular complexity index is 1680. The topological polar surface area (TPSA) is 64.5 Å². The Balaban J connectivity index is 1.51. The molecule has 0 saturated heterocycles. The molecule has 204 valence electrons. The van der Waals surface area contributed by atoms with Crippen molar-refractivity contribution in [2.75, 3.05) is 13.2 Å². The van der Waals surface area contributed by atoms with Crippen molar-refractivity contribution in [3.8, 4) is 16.9 Å². The quantitative estimate of drug-likeness (QED) is 0.225. The Hall–Kier alpha value is -3.80. The Morgan fingerprint density at radius 1 is 1.02 bits per heavy atom. The SMILES string of the molecule is Cc1ccc2c(-c3ccc4c5c(ccnc35)CCO4)c([C@@H](CO)OC(C)(C)CCc3ccccc3)c(C)cc2n1. The van der Waals surface area contributed by atoms with E-state index >= 15 is 0 Å². The number of hydrogen-bond acceptors (Lipinski definition) is 5. The minimum Gasteiger partial charge on any atom is -0.493 e. The molecule has 5 aromatic rings. The minimum absolute atomic E-state index is 0.134. The lowest BCUT2D eigenvalue weighted by molar-refractivity contribution is -0.0961. The van der Waals surface area contributed by atoms with Crippen LogP contribution in [0.15, 0.2) is 72.9 Å². The molecule has 0 spiro atoms. The molecule has 1 aliphatic rings. The Kier molecular flexibility index (Phi) is 7.03. The predicted molar refractivity (Wildman–Crippen MR) is 161 cm³/mol. The van der Waals surface area contributed by atoms with Gasteiger partial charge in [-0.15, -0.1) is 0 Å². The normalized spacial score (nSPS) is 13.9. The number of aryl methyl sites for hydroxylation is 3. The van der Waals surface area contributed by atoms with Gasteiger partial charge in [0, 0.05) is 34.6 Å². The summed E-state index contributed by atoms with van der Waals surface area (Å²) >= 11 is 0. The molecule has 1 atom stereocenters. The van der Waals surface area contributed by atoms with Crippen molar-refractivity contribution in [1.82, 2.24) is 9.97 Å². The molecule has 0 radical (unpaired) electrons. The lowest BCUT2D eigenvalue weighted by atomic mass is 9.86. The van der Waals surface area contributed by atoms with Crippen LogP contribution in [0.2, 0.25) is 0 Å². The molecule has 1 N–H and O–H groups in total. The van der Waals surface area contributed by atoms with Crippen molar-refractivity contribution in [2.24, 2.45) is 0 Å². The van der Waals surface area contributed by atoms with E-state index in [0.29, 0.717) is 6.61 Å². The third-order valence-corrected chi connectivity index (χ3v) is 8.03. The van der Waals surface area contributed by atoms with Crippen LogP contribution in [0.3, 0.4) is 0 Å². The van der Waals surface area contributed by atoms with Gasteiger partial charge in [0.15, 0.2) is 0 Å². The van der Waals surface area contributed by atoms with E-state index in [0.717, 1.165) is 74.8 Å². The number of aliphatic hydroxyl groups excluding tert-OH is 1. The highest BCUT2D eigenvalue weighted by Gasteiger charge is 2.30. The van der Waals surface area contributed by atoms with Gasteiger partial charge in [0.2, 0.25) is 0 Å². The lowest BCUT2D eigenvalue weighted by Crippen LogP contribution is -2.29. The molecular formula is C35H36N2O3. The van der Waals surface area contributed by atoms with Crippen LogP contribution in [0.5, 0.6) is 5.75 Å². The summed E-state index contributed by atoms with van der Waals surface area (Å²) in [6.07, 6.45) is 3.96. The summed E-state index contributed by atoms with van der Waals surface area (Å²) in [6.45, 7) is 8.87. The molecule has 0 unspecified atom stereocenters. The Labute approximate surface area is 235 Å². The lowest BCUT2D eigenvalue weighted by Gasteiger charge is -2.33. The monoisotopic (exact) mass is 532 g/mol. The molecular weight excluding hydrogens is 496 g/mol. The van der Waals surface area contributed by atoms with Gasteiger partial charge in [-0.05, 0) is 98.7 Å². The second-order valence-corrected chi connectivity index (χ2v) is 11.4. The summed E-state index contributed by atoms with van der Waals surface area (Å²) in [7, 11) is 0. The van der Waals surface area contributed by atoms with E-state index in [2.05, 4.69) is 75.4 Å². The molecule has 0 bridgehead atoms. The average Bonchev–Trinajstić information content (AvgIpc) is 2.95. The Morgan fingerprint density at radius 3 is 2.65 bits per heavy atom. The number of nitrogens with zero attached hydrogens (tertiary/aromatic N) is 2. The number of aromatic nitrogens is 2. The average molecular weight is 533 g/mol. The molecule has 5 nitrogen and oxygen atoms in total. The highest BCUT2D eigenvalue weighted by molar-refractivity contribution is 6.07. The van der Waals surface area contributed by atoms with Crippen molar-refractivity contribution < 1.29 is 14.6 Å². The molecule has 0 fully saturated rings. The van der Waals surface area contributed by atoms with Crippen molar-refractivity contribution in [3.05, 3.63) is 101 Å². The maximum atomic E-state index is 10.8. The third-order valence-electron chi connectivity index (χ3n) is 8.03. The van der Waals surface area contributed by atoms with Gasteiger partial charge in [0.05, 0.1) is 29.8 Å². The number of hydrogen-bond donors (Lipinski definition) is 1. The van der Waals surface area contributed by atoms with E-state index < -0.39 is 11.7 Å². The molecule has 0 saturated carbocycles. The van der Waals surface area contributed by atoms with E-state index in [9.17, 15) is 5.11 Å². The predicted octanol–water partition coefficient (Wildman–Crippen LogP) is 7.46. The second kappa shape index (κ2) is 10.6. The maximum absolute atomic E-state index is 10.8. The molecule has 40 heavy (non-hydrogen) atoms. The third kappa shape index (κ3) is 4.96. The van der Waals surface area contributed by atoms with Crippen LogP contribution in [-0.2, 0) is 17.6 Å². The van der Waals surface area contributed by atoms with E-state index in [1.54, 1.807) is 0 Å².